The molecule has 0 fully saturated rings. The minimum absolute atomic E-state index is 0.0209. The summed E-state index contributed by atoms with van der Waals surface area (Å²) in [5, 5.41) is 12.1. The van der Waals surface area contributed by atoms with Crippen molar-refractivity contribution in [3.63, 3.8) is 0 Å². The van der Waals surface area contributed by atoms with Crippen LogP contribution in [0.5, 0.6) is 0 Å². The van der Waals surface area contributed by atoms with Gasteiger partial charge in [-0.1, -0.05) is 36.4 Å². The summed E-state index contributed by atoms with van der Waals surface area (Å²) in [6.45, 7) is 0.679. The van der Waals surface area contributed by atoms with Crippen molar-refractivity contribution in [3.8, 4) is 0 Å². The first-order valence-electron chi connectivity index (χ1n) is 12.6. The normalized spacial score (nSPS) is 13.1. The number of alkyl halides is 3. The van der Waals surface area contributed by atoms with Crippen molar-refractivity contribution in [2.75, 3.05) is 37.8 Å². The third kappa shape index (κ3) is 8.94. The highest BCUT2D eigenvalue weighted by atomic mass is 32.2. The highest BCUT2D eigenvalue weighted by Gasteiger charge is 2.48. The summed E-state index contributed by atoms with van der Waals surface area (Å²) in [5.74, 6) is -0.710. The third-order valence-corrected chi connectivity index (χ3v) is 10.0. The number of anilines is 1. The van der Waals surface area contributed by atoms with Gasteiger partial charge in [0.05, 0.1) is 17.2 Å². The molecule has 0 saturated heterocycles. The van der Waals surface area contributed by atoms with E-state index in [0.717, 1.165) is 17.0 Å². The summed E-state index contributed by atoms with van der Waals surface area (Å²) >= 11 is 1.40. The molecule has 9 nitrogen and oxygen atoms in total. The van der Waals surface area contributed by atoms with E-state index < -0.39 is 52.8 Å². The molecule has 1 amide bonds. The van der Waals surface area contributed by atoms with Crippen LogP contribution in [-0.2, 0) is 19.9 Å². The Balaban J connectivity index is 1.98. The first kappa shape index (κ1) is 33.4. The average molecular weight is 646 g/mol. The molecule has 0 aliphatic heterocycles. The van der Waals surface area contributed by atoms with Gasteiger partial charge < -0.3 is 15.3 Å². The van der Waals surface area contributed by atoms with Crippen LogP contribution in [0.25, 0.3) is 0 Å². The van der Waals surface area contributed by atoms with Crippen molar-refractivity contribution >= 4 is 43.2 Å². The second-order valence-corrected chi connectivity index (χ2v) is 13.9. The minimum atomic E-state index is -6.01. The molecule has 0 aliphatic rings. The molecule has 0 aliphatic carbocycles. The van der Waals surface area contributed by atoms with Crippen LogP contribution in [0.2, 0.25) is 0 Å². The summed E-state index contributed by atoms with van der Waals surface area (Å²) in [7, 11) is -9.01. The predicted molar refractivity (Wildman–Crippen MR) is 155 cm³/mol. The van der Waals surface area contributed by atoms with E-state index in [2.05, 4.69) is 5.32 Å². The van der Waals surface area contributed by atoms with Gasteiger partial charge in [-0.05, 0) is 62.5 Å². The molecule has 3 N–H and O–H groups in total. The summed E-state index contributed by atoms with van der Waals surface area (Å²) in [5.41, 5.74) is -6.19. The average Bonchev–Trinajstić information content (AvgIpc) is 2.94. The van der Waals surface area contributed by atoms with Crippen LogP contribution in [0.4, 0.5) is 18.9 Å². The van der Waals surface area contributed by atoms with E-state index in [1.807, 2.05) is 30.3 Å². The zero-order valence-electron chi connectivity index (χ0n) is 22.4. The van der Waals surface area contributed by atoms with Crippen LogP contribution < -0.4 is 10.0 Å². The molecule has 0 aromatic heterocycles. The van der Waals surface area contributed by atoms with Crippen LogP contribution in [0.3, 0.4) is 0 Å². The topological polar surface area (TPSA) is 133 Å². The molecular formula is C27H30F3N3O6S3. The van der Waals surface area contributed by atoms with Crippen molar-refractivity contribution in [3.05, 3.63) is 84.4 Å². The molecule has 0 saturated carbocycles. The van der Waals surface area contributed by atoms with Crippen LogP contribution in [0.15, 0.2) is 93.5 Å². The molecule has 3 aromatic rings. The fourth-order valence-corrected chi connectivity index (χ4v) is 6.77. The maximum Gasteiger partial charge on any atom is 0.501 e. The molecule has 0 spiro atoms. The van der Waals surface area contributed by atoms with Gasteiger partial charge in [0, 0.05) is 28.8 Å². The molecule has 3 rings (SSSR count). The first-order valence-corrected chi connectivity index (χ1v) is 16.5. The molecule has 0 bridgehead atoms. The van der Waals surface area contributed by atoms with Crippen molar-refractivity contribution < 1.29 is 39.9 Å². The third-order valence-electron chi connectivity index (χ3n) is 6.02. The lowest BCUT2D eigenvalue weighted by molar-refractivity contribution is -0.0435. The zero-order chi connectivity index (χ0) is 31.0. The van der Waals surface area contributed by atoms with Gasteiger partial charge in [0.2, 0.25) is 0 Å². The summed E-state index contributed by atoms with van der Waals surface area (Å²) in [6, 6.07) is 18.1. The lowest BCUT2D eigenvalue weighted by atomic mass is 10.2. The molecule has 3 aromatic carbocycles. The Morgan fingerprint density at radius 3 is 2.17 bits per heavy atom. The number of benzene rings is 3. The van der Waals surface area contributed by atoms with Crippen molar-refractivity contribution in [1.82, 2.24) is 9.62 Å². The predicted octanol–water partition coefficient (Wildman–Crippen LogP) is 3.99. The van der Waals surface area contributed by atoms with Crippen molar-refractivity contribution in [2.24, 2.45) is 0 Å². The number of aliphatic hydroxyl groups excluding tert-OH is 1. The van der Waals surface area contributed by atoms with E-state index in [4.69, 9.17) is 0 Å². The number of nitrogens with one attached hydrogen (secondary N) is 2. The van der Waals surface area contributed by atoms with Crippen molar-refractivity contribution in [2.45, 2.75) is 32.7 Å². The first-order chi connectivity index (χ1) is 19.7. The van der Waals surface area contributed by atoms with E-state index in [1.165, 1.54) is 36.0 Å². The van der Waals surface area contributed by atoms with Crippen molar-refractivity contribution in [1.29, 1.82) is 0 Å². The molecule has 0 radical (unpaired) electrons. The van der Waals surface area contributed by atoms with Gasteiger partial charge in [-0.15, -0.1) is 11.8 Å². The largest absolute Gasteiger partial charge is 0.501 e. The standard InChI is InChI=1S/C27H30F3N3O6S3/c1-33(16-17-34)15-14-21(19-40-22-10-6-3-7-11-22)31-24-13-12-23(18-25(24)41(36,37)27(28,29)30)42(38,39)32-26(35)20-8-4-2-5-9-20/h2-13,18,21,31,34H,14-17,19H2,1H3,(H,32,35)/t21-/m1/s1. The number of nitrogens with zero attached hydrogens (tertiary/aromatic N) is 1. The van der Waals surface area contributed by atoms with E-state index in [0.29, 0.717) is 31.3 Å². The fraction of sp³-hybridized carbons (Fsp3) is 0.296. The fourth-order valence-electron chi connectivity index (χ4n) is 3.75. The monoisotopic (exact) mass is 645 g/mol. The Hall–Kier alpha value is -3.11. The lowest BCUT2D eigenvalue weighted by Gasteiger charge is -2.25. The number of likely N-dealkylation sites (N-methyl/N-ethyl adjacent to an activating group) is 1. The molecule has 15 heteroatoms. The number of carbonyl (C=O) groups excluding carboxylic acids is 1. The molecule has 1 atom stereocenters. The number of thioether (sulfide) groups is 1. The zero-order valence-corrected chi connectivity index (χ0v) is 24.9. The summed E-state index contributed by atoms with van der Waals surface area (Å²) < 4.78 is 94.0. The number of carbonyl (C=O) groups is 1. The SMILES string of the molecule is CN(CCO)CC[C@H](CSc1ccccc1)Nc1ccc(S(=O)(=O)NC(=O)c2ccccc2)cc1S(=O)(=O)C(F)(F)F. The minimum Gasteiger partial charge on any atom is -0.395 e. The molecular weight excluding hydrogens is 616 g/mol. The lowest BCUT2D eigenvalue weighted by Crippen LogP contribution is -2.33. The quantitative estimate of drug-likeness (QED) is 0.223. The van der Waals surface area contributed by atoms with E-state index in [-0.39, 0.29) is 12.2 Å². The highest BCUT2D eigenvalue weighted by Crippen LogP contribution is 2.36. The van der Waals surface area contributed by atoms with Crippen LogP contribution in [-0.4, -0.2) is 76.8 Å². The Bertz CT molecular complexity index is 1560. The number of sulfonamides is 1. The van der Waals surface area contributed by atoms with E-state index in [9.17, 15) is 39.9 Å². The molecule has 228 valence electrons. The van der Waals surface area contributed by atoms with E-state index in [1.54, 1.807) is 22.7 Å². The number of sulfone groups is 1. The number of rotatable bonds is 14. The Kier molecular flexibility index (Phi) is 11.4. The smallest absolute Gasteiger partial charge is 0.395 e. The van der Waals surface area contributed by atoms with E-state index >= 15 is 0 Å². The summed E-state index contributed by atoms with van der Waals surface area (Å²) in [6.07, 6.45) is 0.356. The number of aliphatic hydroxyl groups is 1. The Morgan fingerprint density at radius 1 is 0.952 bits per heavy atom. The van der Waals surface area contributed by atoms with Gasteiger partial charge in [-0.3, -0.25) is 4.79 Å². The maximum atomic E-state index is 13.7. The van der Waals surface area contributed by atoms with Crippen LogP contribution in [0, 0.1) is 0 Å². The Labute approximate surface area is 247 Å². The van der Waals surface area contributed by atoms with Gasteiger partial charge in [0.1, 0.15) is 4.90 Å². The number of hydrogen-bond acceptors (Lipinski definition) is 9. The Morgan fingerprint density at radius 2 is 1.57 bits per heavy atom. The van der Waals surface area contributed by atoms with Gasteiger partial charge in [0.25, 0.3) is 25.8 Å². The van der Waals surface area contributed by atoms with Crippen LogP contribution in [0.1, 0.15) is 16.8 Å². The maximum absolute atomic E-state index is 13.7. The molecule has 0 heterocycles. The highest BCUT2D eigenvalue weighted by molar-refractivity contribution is 7.99. The summed E-state index contributed by atoms with van der Waals surface area (Å²) in [4.78, 5) is 13.0. The molecule has 42 heavy (non-hydrogen) atoms. The molecule has 0 unspecified atom stereocenters. The number of hydrogen-bond donors (Lipinski definition) is 3. The van der Waals surface area contributed by atoms with Gasteiger partial charge in [-0.25, -0.2) is 21.6 Å². The van der Waals surface area contributed by atoms with Gasteiger partial charge in [0.15, 0.2) is 0 Å². The van der Waals surface area contributed by atoms with Gasteiger partial charge in [-0.2, -0.15) is 13.2 Å². The number of amides is 1. The second kappa shape index (κ2) is 14.4. The van der Waals surface area contributed by atoms with Gasteiger partial charge >= 0.3 is 5.51 Å². The second-order valence-electron chi connectivity index (χ2n) is 9.19. The van der Waals surface area contributed by atoms with Crippen LogP contribution >= 0.6 is 11.8 Å². The number of halogens is 3.